The number of hydrogen-bond donors (Lipinski definition) is 1. The maximum atomic E-state index is 14.3. The average Bonchev–Trinajstić information content (AvgIpc) is 3.36. The van der Waals surface area contributed by atoms with Crippen molar-refractivity contribution in [1.82, 2.24) is 15.0 Å². The Morgan fingerprint density at radius 1 is 1.19 bits per heavy atom. The summed E-state index contributed by atoms with van der Waals surface area (Å²) in [4.78, 5) is 31.1. The van der Waals surface area contributed by atoms with Crippen molar-refractivity contribution < 1.29 is 19.2 Å². The molecule has 2 aliphatic heterocycles. The summed E-state index contributed by atoms with van der Waals surface area (Å²) in [5.74, 6) is -0.113. The predicted octanol–water partition coefficient (Wildman–Crippen LogP) is 5.04. The predicted molar refractivity (Wildman–Crippen MR) is 140 cm³/mol. The molecule has 0 aliphatic carbocycles. The summed E-state index contributed by atoms with van der Waals surface area (Å²) in [5.41, 5.74) is 1.65. The Balaban J connectivity index is 1.45. The van der Waals surface area contributed by atoms with E-state index in [4.69, 9.17) is 16.1 Å². The molecule has 0 unspecified atom stereocenters. The molecule has 194 valence electrons. The quantitative estimate of drug-likeness (QED) is 0.491. The molecule has 37 heavy (non-hydrogen) atoms. The molecule has 2 amide bonds. The lowest BCUT2D eigenvalue weighted by atomic mass is 9.69. The highest BCUT2D eigenvalue weighted by Crippen LogP contribution is 2.46. The van der Waals surface area contributed by atoms with Crippen molar-refractivity contribution in [3.63, 3.8) is 0 Å². The van der Waals surface area contributed by atoms with Crippen molar-refractivity contribution in [2.45, 2.75) is 57.7 Å². The van der Waals surface area contributed by atoms with Gasteiger partial charge >= 0.3 is 0 Å². The normalized spacial score (nSPS) is 24.0. The zero-order chi connectivity index (χ0) is 26.0. The smallest absolute Gasteiger partial charge is 0.292 e. The van der Waals surface area contributed by atoms with Crippen LogP contribution in [0.5, 0.6) is 0 Å². The molecule has 2 aliphatic rings. The van der Waals surface area contributed by atoms with E-state index in [-0.39, 0.29) is 24.1 Å². The van der Waals surface area contributed by atoms with Crippen LogP contribution < -0.4 is 0 Å². The molecule has 8 heteroatoms. The monoisotopic (exact) mass is 521 g/mol. The molecule has 1 spiro atoms. The van der Waals surface area contributed by atoms with E-state index in [1.165, 1.54) is 0 Å². The number of aryl methyl sites for hydroxylation is 1. The van der Waals surface area contributed by atoms with Crippen LogP contribution in [0, 0.1) is 5.41 Å². The molecule has 0 saturated carbocycles. The summed E-state index contributed by atoms with van der Waals surface area (Å²) >= 11 is 6.25. The topological polar surface area (TPSA) is 86.9 Å². The van der Waals surface area contributed by atoms with Crippen molar-refractivity contribution >= 4 is 23.4 Å². The maximum Gasteiger partial charge on any atom is 0.292 e. The van der Waals surface area contributed by atoms with Gasteiger partial charge in [-0.3, -0.25) is 9.59 Å². The number of nitrogens with zero attached hydrogens (tertiary/aromatic N) is 3. The fourth-order valence-electron chi connectivity index (χ4n) is 5.88. The van der Waals surface area contributed by atoms with Gasteiger partial charge in [-0.15, -0.1) is 0 Å². The second-order valence-corrected chi connectivity index (χ2v) is 10.7. The highest BCUT2D eigenvalue weighted by molar-refractivity contribution is 6.30. The summed E-state index contributed by atoms with van der Waals surface area (Å²) in [7, 11) is 0. The summed E-state index contributed by atoms with van der Waals surface area (Å²) in [6.07, 6.45) is 2.43. The Labute approximate surface area is 222 Å². The molecule has 3 atom stereocenters. The number of aliphatic hydroxyl groups is 1. The van der Waals surface area contributed by atoms with Crippen LogP contribution in [-0.4, -0.2) is 51.1 Å². The van der Waals surface area contributed by atoms with Gasteiger partial charge in [-0.25, -0.2) is 0 Å². The fraction of sp³-hybridized carbons (Fsp3) is 0.414. The third kappa shape index (κ3) is 5.15. The zero-order valence-electron chi connectivity index (χ0n) is 21.0. The first-order valence-corrected chi connectivity index (χ1v) is 13.3. The number of benzene rings is 2. The molecule has 1 N–H and O–H groups in total. The molecule has 3 aromatic rings. The molecule has 5 rings (SSSR count). The Kier molecular flexibility index (Phi) is 7.36. The fourth-order valence-corrected chi connectivity index (χ4v) is 6.09. The van der Waals surface area contributed by atoms with Crippen LogP contribution in [-0.2, 0) is 17.8 Å². The van der Waals surface area contributed by atoms with E-state index in [1.54, 1.807) is 21.9 Å². The minimum atomic E-state index is -0.872. The number of likely N-dealkylation sites (tertiary alicyclic amines) is 2. The lowest BCUT2D eigenvalue weighted by Gasteiger charge is -2.51. The molecule has 2 saturated heterocycles. The first kappa shape index (κ1) is 25.5. The molecule has 2 aromatic carbocycles. The second kappa shape index (κ2) is 10.7. The summed E-state index contributed by atoms with van der Waals surface area (Å²) in [6.45, 7) is 3.12. The summed E-state index contributed by atoms with van der Waals surface area (Å²) in [6, 6.07) is 18.3. The van der Waals surface area contributed by atoms with Gasteiger partial charge < -0.3 is 19.4 Å². The lowest BCUT2D eigenvalue weighted by molar-refractivity contribution is -0.165. The number of piperidine rings is 2. The van der Waals surface area contributed by atoms with Crippen LogP contribution in [0.15, 0.2) is 65.2 Å². The van der Waals surface area contributed by atoms with Gasteiger partial charge in [0.05, 0.1) is 23.3 Å². The number of rotatable bonds is 6. The SMILES string of the molecule is CCCc1cc(C(=O)N2CCC[C@]3(C[C@@H](O)[C@H](c4ccccc4)N(Cc4cccc(Cl)c4)C3=O)C2)on1. The molecule has 7 nitrogen and oxygen atoms in total. The van der Waals surface area contributed by atoms with Gasteiger partial charge in [0.2, 0.25) is 11.7 Å². The van der Waals surface area contributed by atoms with Gasteiger partial charge in [0.25, 0.3) is 5.91 Å². The minimum absolute atomic E-state index is 0.0478. The van der Waals surface area contributed by atoms with Crippen molar-refractivity contribution in [3.8, 4) is 0 Å². The van der Waals surface area contributed by atoms with E-state index in [1.807, 2.05) is 55.5 Å². The third-order valence-electron chi connectivity index (χ3n) is 7.54. The number of aliphatic hydroxyl groups excluding tert-OH is 1. The number of aromatic nitrogens is 1. The largest absolute Gasteiger partial charge is 0.391 e. The highest BCUT2D eigenvalue weighted by Gasteiger charge is 2.53. The van der Waals surface area contributed by atoms with Crippen LogP contribution in [0.4, 0.5) is 0 Å². The number of carbonyl (C=O) groups is 2. The average molecular weight is 522 g/mol. The highest BCUT2D eigenvalue weighted by atomic mass is 35.5. The molecule has 1 aromatic heterocycles. The van der Waals surface area contributed by atoms with Gasteiger partial charge in [0.15, 0.2) is 0 Å². The first-order chi connectivity index (χ1) is 17.9. The van der Waals surface area contributed by atoms with Crippen molar-refractivity contribution in [2.75, 3.05) is 13.1 Å². The standard InChI is InChI=1S/C29H32ClN3O4/c1-2-8-23-16-25(37-31-23)27(35)32-14-7-13-29(19-32)17-24(34)26(21-10-4-3-5-11-21)33(28(29)36)18-20-9-6-12-22(30)15-20/h3-6,9-12,15-16,24,26,34H,2,7-8,13-14,17-19H2,1H3/t24-,26+,29+/m1/s1. The van der Waals surface area contributed by atoms with Crippen molar-refractivity contribution in [1.29, 1.82) is 0 Å². The van der Waals surface area contributed by atoms with Crippen molar-refractivity contribution in [3.05, 3.63) is 88.3 Å². The second-order valence-electron chi connectivity index (χ2n) is 10.2. The number of halogens is 1. The van der Waals surface area contributed by atoms with Gasteiger partial charge in [-0.05, 0) is 48.9 Å². The molecule has 0 radical (unpaired) electrons. The van der Waals surface area contributed by atoms with E-state index in [9.17, 15) is 14.7 Å². The van der Waals surface area contributed by atoms with E-state index >= 15 is 0 Å². The van der Waals surface area contributed by atoms with E-state index < -0.39 is 17.6 Å². The molecule has 3 heterocycles. The Bertz CT molecular complexity index is 1260. The number of hydrogen-bond acceptors (Lipinski definition) is 5. The van der Waals surface area contributed by atoms with Gasteiger partial charge in [0, 0.05) is 30.7 Å². The third-order valence-corrected chi connectivity index (χ3v) is 7.77. The number of amides is 2. The Morgan fingerprint density at radius 3 is 2.76 bits per heavy atom. The van der Waals surface area contributed by atoms with Crippen LogP contribution in [0.1, 0.15) is 66.0 Å². The van der Waals surface area contributed by atoms with Crippen LogP contribution in [0.2, 0.25) is 5.02 Å². The van der Waals surface area contributed by atoms with E-state index in [0.29, 0.717) is 37.4 Å². The van der Waals surface area contributed by atoms with Crippen LogP contribution >= 0.6 is 11.6 Å². The van der Waals surface area contributed by atoms with Gasteiger partial charge in [-0.2, -0.15) is 0 Å². The molecular weight excluding hydrogens is 490 g/mol. The Morgan fingerprint density at radius 2 is 2.00 bits per heavy atom. The Hall–Kier alpha value is -3.16. The van der Waals surface area contributed by atoms with Crippen LogP contribution in [0.3, 0.4) is 0 Å². The first-order valence-electron chi connectivity index (χ1n) is 12.9. The summed E-state index contributed by atoms with van der Waals surface area (Å²) in [5, 5.41) is 16.1. The van der Waals surface area contributed by atoms with Gasteiger partial charge in [-0.1, -0.05) is 72.6 Å². The summed E-state index contributed by atoms with van der Waals surface area (Å²) < 4.78 is 5.34. The lowest BCUT2D eigenvalue weighted by Crippen LogP contribution is -2.61. The van der Waals surface area contributed by atoms with Crippen LogP contribution in [0.25, 0.3) is 0 Å². The van der Waals surface area contributed by atoms with Gasteiger partial charge in [0.1, 0.15) is 0 Å². The molecule has 2 fully saturated rings. The minimum Gasteiger partial charge on any atom is -0.391 e. The van der Waals surface area contributed by atoms with E-state index in [0.717, 1.165) is 29.7 Å². The molecule has 0 bridgehead atoms. The van der Waals surface area contributed by atoms with E-state index in [2.05, 4.69) is 5.16 Å². The zero-order valence-corrected chi connectivity index (χ0v) is 21.7. The maximum absolute atomic E-state index is 14.3. The number of carbonyl (C=O) groups excluding carboxylic acids is 2. The molecular formula is C29H32ClN3O4. The van der Waals surface area contributed by atoms with Crippen molar-refractivity contribution in [2.24, 2.45) is 5.41 Å².